The van der Waals surface area contributed by atoms with Crippen LogP contribution in [0.2, 0.25) is 0 Å². The van der Waals surface area contributed by atoms with Crippen molar-refractivity contribution in [3.05, 3.63) is 29.8 Å². The quantitative estimate of drug-likeness (QED) is 0.667. The summed E-state index contributed by atoms with van der Waals surface area (Å²) < 4.78 is 31.9. The number of amides is 1. The van der Waals surface area contributed by atoms with Gasteiger partial charge >= 0.3 is 0 Å². The van der Waals surface area contributed by atoms with Crippen molar-refractivity contribution >= 4 is 28.3 Å². The Morgan fingerprint density at radius 3 is 2.81 bits per heavy atom. The molecule has 1 aromatic carbocycles. The highest BCUT2D eigenvalue weighted by molar-refractivity contribution is 7.89. The van der Waals surface area contributed by atoms with Crippen LogP contribution in [0, 0.1) is 0 Å². The van der Waals surface area contributed by atoms with Crippen LogP contribution >= 0.6 is 12.4 Å². The molecule has 0 aliphatic carbocycles. The first-order valence-electron chi connectivity index (χ1n) is 8.52. The fourth-order valence-electron chi connectivity index (χ4n) is 3.08. The maximum atomic E-state index is 12.9. The van der Waals surface area contributed by atoms with E-state index in [-0.39, 0.29) is 48.4 Å². The first-order chi connectivity index (χ1) is 11.9. The number of nitrogens with two attached hydrogens (primary N) is 1. The zero-order valence-electron chi connectivity index (χ0n) is 15.2. The standard InChI is InChI=1S/C17H27N3O4S.ClH/c1-13(18)16-8-3-4-10-20(16)17(21)14-6-5-7-15(12-14)25(22,23)19-9-11-24-2;/h5-7,12-13,16,19H,3-4,8-11,18H2,1-2H3;1H. The minimum Gasteiger partial charge on any atom is -0.383 e. The predicted molar refractivity (Wildman–Crippen MR) is 103 cm³/mol. The van der Waals surface area contributed by atoms with Gasteiger partial charge < -0.3 is 15.4 Å². The minimum atomic E-state index is -3.67. The van der Waals surface area contributed by atoms with E-state index in [1.165, 1.54) is 19.2 Å². The average molecular weight is 406 g/mol. The second kappa shape index (κ2) is 10.2. The molecule has 1 amide bonds. The fourth-order valence-corrected chi connectivity index (χ4v) is 4.14. The lowest BCUT2D eigenvalue weighted by Gasteiger charge is -2.38. The molecule has 0 aromatic heterocycles. The van der Waals surface area contributed by atoms with E-state index in [0.717, 1.165) is 19.3 Å². The van der Waals surface area contributed by atoms with Gasteiger partial charge in [-0.05, 0) is 44.4 Å². The van der Waals surface area contributed by atoms with Crippen LogP contribution in [0.15, 0.2) is 29.2 Å². The SMILES string of the molecule is COCCNS(=O)(=O)c1cccc(C(=O)N2CCCCC2C(C)N)c1.Cl. The molecule has 1 saturated heterocycles. The van der Waals surface area contributed by atoms with Crippen molar-refractivity contribution in [2.45, 2.75) is 43.2 Å². The van der Waals surface area contributed by atoms with Gasteiger partial charge in [-0.25, -0.2) is 13.1 Å². The highest BCUT2D eigenvalue weighted by Crippen LogP contribution is 2.22. The van der Waals surface area contributed by atoms with Crippen LogP contribution in [-0.2, 0) is 14.8 Å². The molecule has 26 heavy (non-hydrogen) atoms. The summed E-state index contributed by atoms with van der Waals surface area (Å²) in [4.78, 5) is 14.7. The molecule has 1 aliphatic heterocycles. The number of nitrogens with zero attached hydrogens (tertiary/aromatic N) is 1. The molecular formula is C17H28ClN3O4S. The van der Waals surface area contributed by atoms with Gasteiger partial charge in [0, 0.05) is 37.8 Å². The number of carbonyl (C=O) groups is 1. The number of halogens is 1. The summed E-state index contributed by atoms with van der Waals surface area (Å²) in [5.74, 6) is -0.170. The summed E-state index contributed by atoms with van der Waals surface area (Å²) >= 11 is 0. The summed E-state index contributed by atoms with van der Waals surface area (Å²) in [7, 11) is -2.17. The predicted octanol–water partition coefficient (Wildman–Crippen LogP) is 1.37. The van der Waals surface area contributed by atoms with E-state index in [1.54, 1.807) is 17.0 Å². The Morgan fingerprint density at radius 2 is 2.15 bits per heavy atom. The normalized spacial score (nSPS) is 18.9. The number of hydrogen-bond acceptors (Lipinski definition) is 5. The molecule has 3 N–H and O–H groups in total. The molecular weight excluding hydrogens is 378 g/mol. The first-order valence-corrected chi connectivity index (χ1v) is 10.0. The molecule has 0 radical (unpaired) electrons. The maximum absolute atomic E-state index is 12.9. The Morgan fingerprint density at radius 1 is 1.42 bits per heavy atom. The summed E-state index contributed by atoms with van der Waals surface area (Å²) in [6.07, 6.45) is 2.86. The Kier molecular flexibility index (Phi) is 8.99. The number of likely N-dealkylation sites (tertiary alicyclic amines) is 1. The molecule has 2 rings (SSSR count). The van der Waals surface area contributed by atoms with Crippen molar-refractivity contribution in [2.24, 2.45) is 5.73 Å². The van der Waals surface area contributed by atoms with Crippen molar-refractivity contribution in [2.75, 3.05) is 26.8 Å². The number of ether oxygens (including phenoxy) is 1. The molecule has 7 nitrogen and oxygen atoms in total. The van der Waals surface area contributed by atoms with E-state index in [9.17, 15) is 13.2 Å². The molecule has 9 heteroatoms. The van der Waals surface area contributed by atoms with Gasteiger partial charge in [0.1, 0.15) is 0 Å². The fraction of sp³-hybridized carbons (Fsp3) is 0.588. The number of nitrogens with one attached hydrogen (secondary N) is 1. The van der Waals surface area contributed by atoms with Gasteiger partial charge in [0.25, 0.3) is 5.91 Å². The molecule has 1 fully saturated rings. The molecule has 1 heterocycles. The van der Waals surface area contributed by atoms with Crippen LogP contribution in [0.3, 0.4) is 0 Å². The maximum Gasteiger partial charge on any atom is 0.254 e. The van der Waals surface area contributed by atoms with Gasteiger partial charge in [0.15, 0.2) is 0 Å². The Balaban J connectivity index is 0.00000338. The van der Waals surface area contributed by atoms with E-state index in [1.807, 2.05) is 6.92 Å². The summed E-state index contributed by atoms with van der Waals surface area (Å²) in [6.45, 7) is 3.00. The van der Waals surface area contributed by atoms with Gasteiger partial charge in [0.05, 0.1) is 11.5 Å². The van der Waals surface area contributed by atoms with E-state index >= 15 is 0 Å². The number of sulfonamides is 1. The number of hydrogen-bond donors (Lipinski definition) is 2. The number of benzene rings is 1. The second-order valence-corrected chi connectivity index (χ2v) is 8.11. The molecule has 2 atom stereocenters. The van der Waals surface area contributed by atoms with Crippen LogP contribution in [0.1, 0.15) is 36.5 Å². The smallest absolute Gasteiger partial charge is 0.254 e. The largest absolute Gasteiger partial charge is 0.383 e. The Bertz CT molecular complexity index is 697. The summed E-state index contributed by atoms with van der Waals surface area (Å²) in [5.41, 5.74) is 6.39. The lowest BCUT2D eigenvalue weighted by Crippen LogP contribution is -2.51. The number of piperidine rings is 1. The first kappa shape index (κ1) is 22.9. The highest BCUT2D eigenvalue weighted by atomic mass is 35.5. The Labute approximate surface area is 161 Å². The highest BCUT2D eigenvalue weighted by Gasteiger charge is 2.30. The lowest BCUT2D eigenvalue weighted by molar-refractivity contribution is 0.0583. The van der Waals surface area contributed by atoms with Crippen LogP contribution in [-0.4, -0.2) is 58.1 Å². The summed E-state index contributed by atoms with van der Waals surface area (Å²) in [6, 6.07) is 6.00. The van der Waals surface area contributed by atoms with E-state index in [4.69, 9.17) is 10.5 Å². The zero-order chi connectivity index (χ0) is 18.4. The topological polar surface area (TPSA) is 102 Å². The molecule has 1 aromatic rings. The van der Waals surface area contributed by atoms with Crippen LogP contribution < -0.4 is 10.5 Å². The lowest BCUT2D eigenvalue weighted by atomic mass is 9.96. The number of carbonyl (C=O) groups excluding carboxylic acids is 1. The van der Waals surface area contributed by atoms with Gasteiger partial charge in [0.2, 0.25) is 10.0 Å². The van der Waals surface area contributed by atoms with Gasteiger partial charge in [-0.15, -0.1) is 12.4 Å². The van der Waals surface area contributed by atoms with E-state index in [2.05, 4.69) is 4.72 Å². The second-order valence-electron chi connectivity index (χ2n) is 6.34. The van der Waals surface area contributed by atoms with Gasteiger partial charge in [-0.3, -0.25) is 4.79 Å². The van der Waals surface area contributed by atoms with Crippen LogP contribution in [0.5, 0.6) is 0 Å². The van der Waals surface area contributed by atoms with Gasteiger partial charge in [-0.1, -0.05) is 6.07 Å². The van der Waals surface area contributed by atoms with E-state index in [0.29, 0.717) is 12.1 Å². The Hall–Kier alpha value is -1.19. The molecule has 148 valence electrons. The van der Waals surface area contributed by atoms with Gasteiger partial charge in [-0.2, -0.15) is 0 Å². The van der Waals surface area contributed by atoms with Crippen LogP contribution in [0.4, 0.5) is 0 Å². The monoisotopic (exact) mass is 405 g/mol. The summed E-state index contributed by atoms with van der Waals surface area (Å²) in [5, 5.41) is 0. The third-order valence-corrected chi connectivity index (χ3v) is 5.87. The number of rotatable bonds is 7. The molecule has 0 bridgehead atoms. The van der Waals surface area contributed by atoms with Crippen molar-refractivity contribution < 1.29 is 17.9 Å². The molecule has 1 aliphatic rings. The van der Waals surface area contributed by atoms with Crippen molar-refractivity contribution in [1.82, 2.24) is 9.62 Å². The third-order valence-electron chi connectivity index (χ3n) is 4.41. The average Bonchev–Trinajstić information content (AvgIpc) is 2.61. The zero-order valence-corrected chi connectivity index (χ0v) is 16.8. The van der Waals surface area contributed by atoms with Crippen molar-refractivity contribution in [1.29, 1.82) is 0 Å². The van der Waals surface area contributed by atoms with Crippen molar-refractivity contribution in [3.8, 4) is 0 Å². The molecule has 0 spiro atoms. The molecule has 0 saturated carbocycles. The minimum absolute atomic E-state index is 0. The van der Waals surface area contributed by atoms with Crippen LogP contribution in [0.25, 0.3) is 0 Å². The van der Waals surface area contributed by atoms with Crippen molar-refractivity contribution in [3.63, 3.8) is 0 Å². The third kappa shape index (κ3) is 5.65. The van der Waals surface area contributed by atoms with E-state index < -0.39 is 10.0 Å². The molecule has 2 unspecified atom stereocenters. The number of methoxy groups -OCH3 is 1.